The number of ether oxygens (including phenoxy) is 1. The van der Waals surface area contributed by atoms with E-state index in [0.29, 0.717) is 11.8 Å². The first kappa shape index (κ1) is 21.6. The fourth-order valence-corrected chi connectivity index (χ4v) is 4.94. The second-order valence-electron chi connectivity index (χ2n) is 9.54. The summed E-state index contributed by atoms with van der Waals surface area (Å²) in [6.07, 6.45) is 8.14. The van der Waals surface area contributed by atoms with Crippen LogP contribution in [0, 0.1) is 5.92 Å². The standard InChI is InChI=1S/C28H28N6O/c1-33(2)18-19-14-21(15-19)28-30-17-25-27(29-12-13-34(25)28)31-22-10-8-20-9-11-26(32-24(20)16-22)35-23-6-4-3-5-7-23/h3-13,16-17,19,21H,14-15,18H2,1-2H3,(H,29,31). The van der Waals surface area contributed by atoms with Gasteiger partial charge in [-0.2, -0.15) is 0 Å². The van der Waals surface area contributed by atoms with Gasteiger partial charge >= 0.3 is 0 Å². The van der Waals surface area contributed by atoms with Gasteiger partial charge in [0, 0.05) is 42.0 Å². The van der Waals surface area contributed by atoms with E-state index in [1.165, 1.54) is 12.8 Å². The van der Waals surface area contributed by atoms with E-state index in [1.807, 2.05) is 73.2 Å². The first-order valence-corrected chi connectivity index (χ1v) is 12.0. The highest BCUT2D eigenvalue weighted by molar-refractivity contribution is 5.84. The molecule has 1 N–H and O–H groups in total. The predicted molar refractivity (Wildman–Crippen MR) is 139 cm³/mol. The average Bonchev–Trinajstić information content (AvgIpc) is 3.26. The van der Waals surface area contributed by atoms with Crippen molar-refractivity contribution in [2.45, 2.75) is 18.8 Å². The van der Waals surface area contributed by atoms with E-state index in [0.717, 1.165) is 52.0 Å². The van der Waals surface area contributed by atoms with Crippen LogP contribution in [0.5, 0.6) is 11.6 Å². The molecule has 0 spiro atoms. The van der Waals surface area contributed by atoms with Crippen molar-refractivity contribution < 1.29 is 4.74 Å². The summed E-state index contributed by atoms with van der Waals surface area (Å²) in [4.78, 5) is 16.4. The Morgan fingerprint density at radius 1 is 1.03 bits per heavy atom. The summed E-state index contributed by atoms with van der Waals surface area (Å²) >= 11 is 0. The van der Waals surface area contributed by atoms with E-state index in [2.05, 4.69) is 39.8 Å². The lowest BCUT2D eigenvalue weighted by Crippen LogP contribution is -2.32. The van der Waals surface area contributed by atoms with Crippen LogP contribution in [0.1, 0.15) is 24.6 Å². The minimum Gasteiger partial charge on any atom is -0.439 e. The molecule has 0 atom stereocenters. The zero-order valence-corrected chi connectivity index (χ0v) is 19.9. The third kappa shape index (κ3) is 4.42. The van der Waals surface area contributed by atoms with Crippen LogP contribution in [-0.4, -0.2) is 44.9 Å². The molecule has 0 unspecified atom stereocenters. The number of aromatic nitrogens is 4. The highest BCUT2D eigenvalue weighted by atomic mass is 16.5. The molecule has 7 nitrogen and oxygen atoms in total. The molecule has 0 aliphatic heterocycles. The van der Waals surface area contributed by atoms with Crippen LogP contribution in [0.15, 0.2) is 79.3 Å². The van der Waals surface area contributed by atoms with Gasteiger partial charge in [0.1, 0.15) is 17.1 Å². The number of anilines is 2. The summed E-state index contributed by atoms with van der Waals surface area (Å²) < 4.78 is 8.09. The highest BCUT2D eigenvalue weighted by Crippen LogP contribution is 2.41. The Balaban J connectivity index is 1.23. The molecule has 7 heteroatoms. The minimum atomic E-state index is 0.505. The number of hydrogen-bond donors (Lipinski definition) is 1. The van der Waals surface area contributed by atoms with E-state index in [4.69, 9.17) is 14.7 Å². The van der Waals surface area contributed by atoms with Gasteiger partial charge in [0.05, 0.1) is 11.7 Å². The smallest absolute Gasteiger partial charge is 0.219 e. The molecule has 1 fully saturated rings. The van der Waals surface area contributed by atoms with Crippen LogP contribution < -0.4 is 10.1 Å². The van der Waals surface area contributed by atoms with Crippen molar-refractivity contribution in [1.29, 1.82) is 0 Å². The monoisotopic (exact) mass is 464 g/mol. The molecule has 1 saturated carbocycles. The molecule has 0 bridgehead atoms. The zero-order valence-electron chi connectivity index (χ0n) is 19.9. The Morgan fingerprint density at radius 3 is 2.69 bits per heavy atom. The minimum absolute atomic E-state index is 0.505. The Morgan fingerprint density at radius 2 is 1.86 bits per heavy atom. The second kappa shape index (κ2) is 9.00. The number of para-hydroxylation sites is 1. The number of nitrogens with zero attached hydrogens (tertiary/aromatic N) is 5. The number of pyridine rings is 1. The third-order valence-corrected chi connectivity index (χ3v) is 6.61. The van der Waals surface area contributed by atoms with E-state index in [1.54, 1.807) is 0 Å². The Hall–Kier alpha value is -3.97. The molecule has 1 aliphatic rings. The predicted octanol–water partition coefficient (Wildman–Crippen LogP) is 5.87. The summed E-state index contributed by atoms with van der Waals surface area (Å²) in [6, 6.07) is 19.7. The fraction of sp³-hybridized carbons (Fsp3) is 0.250. The topological polar surface area (TPSA) is 67.6 Å². The van der Waals surface area contributed by atoms with E-state index in [-0.39, 0.29) is 0 Å². The molecule has 0 saturated heterocycles. The van der Waals surface area contributed by atoms with Gasteiger partial charge in [-0.1, -0.05) is 24.3 Å². The van der Waals surface area contributed by atoms with Gasteiger partial charge in [-0.3, -0.25) is 4.40 Å². The number of fused-ring (bicyclic) bond motifs is 2. The number of benzene rings is 2. The normalized spacial score (nSPS) is 17.6. The summed E-state index contributed by atoms with van der Waals surface area (Å²) in [5, 5.41) is 4.52. The molecular formula is C28H28N6O. The molecule has 2 aromatic carbocycles. The molecule has 176 valence electrons. The van der Waals surface area contributed by atoms with Gasteiger partial charge in [0.25, 0.3) is 0 Å². The van der Waals surface area contributed by atoms with Gasteiger partial charge < -0.3 is 15.0 Å². The van der Waals surface area contributed by atoms with Crippen LogP contribution in [0.2, 0.25) is 0 Å². The average molecular weight is 465 g/mol. The zero-order chi connectivity index (χ0) is 23.8. The number of hydrogen-bond acceptors (Lipinski definition) is 6. The quantitative estimate of drug-likeness (QED) is 0.325. The first-order valence-electron chi connectivity index (χ1n) is 12.0. The maximum atomic E-state index is 5.91. The van der Waals surface area contributed by atoms with Crippen molar-refractivity contribution in [3.05, 3.63) is 85.1 Å². The van der Waals surface area contributed by atoms with Crippen molar-refractivity contribution >= 4 is 27.9 Å². The van der Waals surface area contributed by atoms with Gasteiger partial charge in [-0.15, -0.1) is 0 Å². The Labute approximate surface area is 204 Å². The van der Waals surface area contributed by atoms with Crippen LogP contribution in [0.25, 0.3) is 16.4 Å². The van der Waals surface area contributed by atoms with Crippen LogP contribution in [0.4, 0.5) is 11.5 Å². The van der Waals surface area contributed by atoms with Crippen molar-refractivity contribution in [3.8, 4) is 11.6 Å². The van der Waals surface area contributed by atoms with Gasteiger partial charge in [0.15, 0.2) is 5.82 Å². The van der Waals surface area contributed by atoms with Crippen molar-refractivity contribution in [3.63, 3.8) is 0 Å². The van der Waals surface area contributed by atoms with E-state index in [9.17, 15) is 0 Å². The maximum absolute atomic E-state index is 5.91. The molecule has 3 aromatic heterocycles. The lowest BCUT2D eigenvalue weighted by atomic mass is 9.74. The summed E-state index contributed by atoms with van der Waals surface area (Å²) in [5.74, 6) is 4.50. The second-order valence-corrected chi connectivity index (χ2v) is 9.54. The van der Waals surface area contributed by atoms with Crippen molar-refractivity contribution in [2.24, 2.45) is 5.92 Å². The largest absolute Gasteiger partial charge is 0.439 e. The number of rotatable bonds is 7. The van der Waals surface area contributed by atoms with Crippen LogP contribution >= 0.6 is 0 Å². The SMILES string of the molecule is CN(C)CC1CC(c2ncc3c(Nc4ccc5ccc(Oc6ccccc6)nc5c4)nccn23)C1. The Kier molecular flexibility index (Phi) is 5.54. The van der Waals surface area contributed by atoms with Crippen LogP contribution in [-0.2, 0) is 0 Å². The van der Waals surface area contributed by atoms with E-state index >= 15 is 0 Å². The summed E-state index contributed by atoms with van der Waals surface area (Å²) in [6.45, 7) is 1.14. The fourth-order valence-electron chi connectivity index (χ4n) is 4.94. The molecule has 1 aliphatic carbocycles. The van der Waals surface area contributed by atoms with Gasteiger partial charge in [-0.05, 0) is 63.2 Å². The Bertz CT molecular complexity index is 1470. The lowest BCUT2D eigenvalue weighted by molar-refractivity contribution is 0.194. The molecule has 35 heavy (non-hydrogen) atoms. The highest BCUT2D eigenvalue weighted by Gasteiger charge is 2.33. The maximum Gasteiger partial charge on any atom is 0.219 e. The van der Waals surface area contributed by atoms with Gasteiger partial charge in [-0.25, -0.2) is 15.0 Å². The number of imidazole rings is 1. The third-order valence-electron chi connectivity index (χ3n) is 6.61. The summed E-state index contributed by atoms with van der Waals surface area (Å²) in [5.41, 5.74) is 2.75. The van der Waals surface area contributed by atoms with Crippen molar-refractivity contribution in [1.82, 2.24) is 24.3 Å². The molecule has 3 heterocycles. The molecule has 5 aromatic rings. The lowest BCUT2D eigenvalue weighted by Gasteiger charge is -2.36. The summed E-state index contributed by atoms with van der Waals surface area (Å²) in [7, 11) is 4.28. The van der Waals surface area contributed by atoms with Crippen molar-refractivity contribution in [2.75, 3.05) is 26.0 Å². The molecule has 6 rings (SSSR count). The molecule has 0 amide bonds. The number of nitrogens with one attached hydrogen (secondary N) is 1. The molecular weight excluding hydrogens is 436 g/mol. The first-order chi connectivity index (χ1) is 17.1. The van der Waals surface area contributed by atoms with Gasteiger partial charge in [0.2, 0.25) is 5.88 Å². The molecule has 0 radical (unpaired) electrons. The van der Waals surface area contributed by atoms with E-state index < -0.39 is 0 Å². The van der Waals surface area contributed by atoms with Crippen LogP contribution in [0.3, 0.4) is 0 Å².